The summed E-state index contributed by atoms with van der Waals surface area (Å²) in [5.41, 5.74) is 3.00. The Hall–Kier alpha value is -3.42. The Labute approximate surface area is 162 Å². The second-order valence-electron chi connectivity index (χ2n) is 7.12. The van der Waals surface area contributed by atoms with E-state index in [9.17, 15) is 0 Å². The van der Waals surface area contributed by atoms with Crippen molar-refractivity contribution in [3.8, 4) is 5.88 Å². The first-order chi connectivity index (χ1) is 13.8. The van der Waals surface area contributed by atoms with Crippen LogP contribution in [0.4, 0.5) is 5.82 Å². The molecular formula is C20H21N7O. The number of nitrogens with zero attached hydrogens (tertiary/aromatic N) is 6. The minimum absolute atomic E-state index is 0.489. The Morgan fingerprint density at radius 2 is 2.18 bits per heavy atom. The van der Waals surface area contributed by atoms with E-state index in [2.05, 4.69) is 31.5 Å². The molecule has 8 heteroatoms. The molecule has 1 aliphatic carbocycles. The van der Waals surface area contributed by atoms with Crippen molar-refractivity contribution >= 4 is 11.5 Å². The molecule has 4 aromatic rings. The maximum absolute atomic E-state index is 6.02. The van der Waals surface area contributed by atoms with Crippen molar-refractivity contribution in [3.05, 3.63) is 66.4 Å². The Balaban J connectivity index is 1.27. The molecule has 1 fully saturated rings. The van der Waals surface area contributed by atoms with Gasteiger partial charge in [-0.1, -0.05) is 6.07 Å². The van der Waals surface area contributed by atoms with Crippen LogP contribution in [-0.2, 0) is 13.6 Å². The van der Waals surface area contributed by atoms with Crippen LogP contribution >= 0.6 is 0 Å². The third-order valence-electron chi connectivity index (χ3n) is 5.00. The third kappa shape index (κ3) is 3.40. The zero-order valence-electron chi connectivity index (χ0n) is 15.6. The van der Waals surface area contributed by atoms with Gasteiger partial charge in [-0.2, -0.15) is 19.7 Å². The van der Waals surface area contributed by atoms with E-state index >= 15 is 0 Å². The van der Waals surface area contributed by atoms with E-state index in [1.54, 1.807) is 15.4 Å². The average Bonchev–Trinajstić information content (AvgIpc) is 3.11. The monoisotopic (exact) mass is 375 g/mol. The first-order valence-corrected chi connectivity index (χ1v) is 9.36. The lowest BCUT2D eigenvalue weighted by atomic mass is 10.2. The lowest BCUT2D eigenvalue weighted by Crippen LogP contribution is -2.08. The fourth-order valence-corrected chi connectivity index (χ4v) is 3.43. The summed E-state index contributed by atoms with van der Waals surface area (Å²) in [5.74, 6) is 2.42. The van der Waals surface area contributed by atoms with E-state index in [-0.39, 0.29) is 0 Å². The van der Waals surface area contributed by atoms with Crippen LogP contribution in [0.1, 0.15) is 23.6 Å². The van der Waals surface area contributed by atoms with Crippen molar-refractivity contribution in [1.29, 1.82) is 0 Å². The summed E-state index contributed by atoms with van der Waals surface area (Å²) in [7, 11) is 1.91. The van der Waals surface area contributed by atoms with Gasteiger partial charge < -0.3 is 10.1 Å². The maximum atomic E-state index is 6.02. The van der Waals surface area contributed by atoms with Crippen molar-refractivity contribution in [2.75, 3.05) is 11.9 Å². The van der Waals surface area contributed by atoms with Crippen LogP contribution in [0.15, 0.2) is 55.1 Å². The quantitative estimate of drug-likeness (QED) is 0.535. The second kappa shape index (κ2) is 6.95. The highest BCUT2D eigenvalue weighted by molar-refractivity contribution is 5.51. The molecule has 5 rings (SSSR count). The number of aryl methyl sites for hydroxylation is 1. The average molecular weight is 375 g/mol. The van der Waals surface area contributed by atoms with E-state index in [0.717, 1.165) is 29.1 Å². The molecule has 0 radical (unpaired) electrons. The predicted octanol–water partition coefficient (Wildman–Crippen LogP) is 2.65. The minimum atomic E-state index is 0.489. The molecule has 4 aromatic heterocycles. The molecule has 1 saturated carbocycles. The van der Waals surface area contributed by atoms with Gasteiger partial charge in [0.15, 0.2) is 5.65 Å². The third-order valence-corrected chi connectivity index (χ3v) is 5.00. The molecule has 28 heavy (non-hydrogen) atoms. The lowest BCUT2D eigenvalue weighted by Gasteiger charge is -2.11. The summed E-state index contributed by atoms with van der Waals surface area (Å²) < 4.78 is 9.58. The second-order valence-corrected chi connectivity index (χ2v) is 7.12. The SMILES string of the molecule is Cn1cc(CNc2cc(OC[C@H]3C[C@@H]3c3ccccn3)nc3ccnn23)cn1. The summed E-state index contributed by atoms with van der Waals surface area (Å²) in [6.07, 6.45) is 8.52. The van der Waals surface area contributed by atoms with Crippen molar-refractivity contribution in [2.24, 2.45) is 13.0 Å². The van der Waals surface area contributed by atoms with Gasteiger partial charge in [-0.25, -0.2) is 0 Å². The van der Waals surface area contributed by atoms with Crippen LogP contribution < -0.4 is 10.1 Å². The summed E-state index contributed by atoms with van der Waals surface area (Å²) in [4.78, 5) is 9.01. The Kier molecular flexibility index (Phi) is 4.16. The summed E-state index contributed by atoms with van der Waals surface area (Å²) >= 11 is 0. The van der Waals surface area contributed by atoms with Gasteiger partial charge in [-0.15, -0.1) is 0 Å². The van der Waals surface area contributed by atoms with E-state index < -0.39 is 0 Å². The number of anilines is 1. The lowest BCUT2D eigenvalue weighted by molar-refractivity contribution is 0.286. The van der Waals surface area contributed by atoms with Gasteiger partial charge in [0.1, 0.15) is 5.82 Å². The summed E-state index contributed by atoms with van der Waals surface area (Å²) in [6, 6.07) is 9.84. The van der Waals surface area contributed by atoms with Gasteiger partial charge in [0, 0.05) is 61.2 Å². The van der Waals surface area contributed by atoms with Crippen LogP contribution in [0, 0.1) is 5.92 Å². The molecule has 1 N–H and O–H groups in total. The minimum Gasteiger partial charge on any atom is -0.477 e. The van der Waals surface area contributed by atoms with Gasteiger partial charge in [0.25, 0.3) is 0 Å². The van der Waals surface area contributed by atoms with E-state index in [1.807, 2.05) is 49.9 Å². The van der Waals surface area contributed by atoms with Gasteiger partial charge in [-0.05, 0) is 18.6 Å². The molecule has 2 atom stereocenters. The number of rotatable bonds is 7. The van der Waals surface area contributed by atoms with E-state index in [0.29, 0.717) is 30.9 Å². The molecule has 0 aromatic carbocycles. The first-order valence-electron chi connectivity index (χ1n) is 9.36. The number of ether oxygens (including phenoxy) is 1. The molecule has 8 nitrogen and oxygen atoms in total. The first kappa shape index (κ1) is 16.7. The molecule has 0 bridgehead atoms. The molecule has 0 aliphatic heterocycles. The molecular weight excluding hydrogens is 354 g/mol. The number of aromatic nitrogens is 6. The summed E-state index contributed by atoms with van der Waals surface area (Å²) in [5, 5.41) is 11.9. The largest absolute Gasteiger partial charge is 0.477 e. The van der Waals surface area contributed by atoms with Crippen LogP contribution in [0.2, 0.25) is 0 Å². The Bertz CT molecular complexity index is 1090. The topological polar surface area (TPSA) is 82.2 Å². The number of hydrogen-bond acceptors (Lipinski definition) is 6. The van der Waals surface area contributed by atoms with Crippen LogP contribution in [0.25, 0.3) is 5.65 Å². The van der Waals surface area contributed by atoms with Gasteiger partial charge in [0.05, 0.1) is 19.0 Å². The number of nitrogens with one attached hydrogen (secondary N) is 1. The highest BCUT2D eigenvalue weighted by Crippen LogP contribution is 2.46. The van der Waals surface area contributed by atoms with Crippen LogP contribution in [0.5, 0.6) is 5.88 Å². The smallest absolute Gasteiger partial charge is 0.219 e. The van der Waals surface area contributed by atoms with Gasteiger partial charge in [0.2, 0.25) is 5.88 Å². The summed E-state index contributed by atoms with van der Waals surface area (Å²) in [6.45, 7) is 1.29. The van der Waals surface area contributed by atoms with Crippen molar-refractivity contribution in [1.82, 2.24) is 29.4 Å². The zero-order valence-corrected chi connectivity index (χ0v) is 15.6. The number of fused-ring (bicyclic) bond motifs is 1. The highest BCUT2D eigenvalue weighted by atomic mass is 16.5. The molecule has 1 aliphatic rings. The van der Waals surface area contributed by atoms with E-state index in [1.165, 1.54) is 0 Å². The molecule has 4 heterocycles. The fraction of sp³-hybridized carbons (Fsp3) is 0.300. The standard InChI is InChI=1S/C20H21N7O/c1-26-12-14(11-24-26)10-22-19-9-20(25-18-5-7-23-27(18)19)28-13-15-8-16(15)17-4-2-3-6-21-17/h2-7,9,11-12,15-16,22H,8,10,13H2,1H3/t15-,16+/m1/s1. The van der Waals surface area contributed by atoms with Gasteiger partial charge in [-0.3, -0.25) is 9.67 Å². The van der Waals surface area contributed by atoms with Crippen LogP contribution in [-0.4, -0.2) is 36.0 Å². The Morgan fingerprint density at radius 1 is 1.21 bits per heavy atom. The fourth-order valence-electron chi connectivity index (χ4n) is 3.43. The number of pyridine rings is 1. The zero-order chi connectivity index (χ0) is 18.9. The van der Waals surface area contributed by atoms with E-state index in [4.69, 9.17) is 4.74 Å². The molecule has 0 amide bonds. The number of hydrogen-bond donors (Lipinski definition) is 1. The predicted molar refractivity (Wildman–Crippen MR) is 104 cm³/mol. The molecule has 0 unspecified atom stereocenters. The van der Waals surface area contributed by atoms with Crippen molar-refractivity contribution in [2.45, 2.75) is 18.9 Å². The molecule has 0 saturated heterocycles. The highest BCUT2D eigenvalue weighted by Gasteiger charge is 2.39. The van der Waals surface area contributed by atoms with Gasteiger partial charge >= 0.3 is 0 Å². The molecule has 0 spiro atoms. The molecule has 142 valence electrons. The van der Waals surface area contributed by atoms with Crippen molar-refractivity contribution < 1.29 is 4.74 Å². The van der Waals surface area contributed by atoms with Crippen molar-refractivity contribution in [3.63, 3.8) is 0 Å². The maximum Gasteiger partial charge on any atom is 0.219 e. The normalized spacial score (nSPS) is 18.3. The Morgan fingerprint density at radius 3 is 3.00 bits per heavy atom. The van der Waals surface area contributed by atoms with Crippen LogP contribution in [0.3, 0.4) is 0 Å².